The van der Waals surface area contributed by atoms with Crippen LogP contribution in [0.1, 0.15) is 37.0 Å². The number of furan rings is 1. The molecule has 5 rings (SSSR count). The van der Waals surface area contributed by atoms with Crippen LogP contribution < -0.4 is 4.74 Å². The largest absolute Gasteiger partial charge is 0.508 e. The quantitative estimate of drug-likeness (QED) is 0.340. The summed E-state index contributed by atoms with van der Waals surface area (Å²) in [6, 6.07) is 19.3. The van der Waals surface area contributed by atoms with E-state index in [4.69, 9.17) is 9.15 Å². The van der Waals surface area contributed by atoms with E-state index < -0.39 is 6.10 Å². The van der Waals surface area contributed by atoms with Crippen molar-refractivity contribution in [2.45, 2.75) is 31.9 Å². The molecule has 1 aliphatic heterocycles. The topological polar surface area (TPSA) is 86.3 Å². The van der Waals surface area contributed by atoms with Crippen molar-refractivity contribution in [1.29, 1.82) is 0 Å². The molecule has 0 radical (unpaired) electrons. The summed E-state index contributed by atoms with van der Waals surface area (Å²) in [5.74, 6) is 1.49. The molecule has 34 heavy (non-hydrogen) atoms. The number of benzene rings is 3. The van der Waals surface area contributed by atoms with Crippen LogP contribution in [0.5, 0.6) is 17.2 Å². The average molecular weight is 460 g/mol. The van der Waals surface area contributed by atoms with E-state index in [2.05, 4.69) is 11.8 Å². The van der Waals surface area contributed by atoms with Gasteiger partial charge in [-0.3, -0.25) is 4.90 Å². The van der Waals surface area contributed by atoms with Gasteiger partial charge in [-0.2, -0.15) is 0 Å². The molecule has 176 valence electrons. The van der Waals surface area contributed by atoms with Crippen molar-refractivity contribution in [2.24, 2.45) is 0 Å². The van der Waals surface area contributed by atoms with Gasteiger partial charge in [-0.25, -0.2) is 0 Å². The fourth-order valence-corrected chi connectivity index (χ4v) is 4.62. The monoisotopic (exact) mass is 459 g/mol. The second-order valence-corrected chi connectivity index (χ2v) is 8.95. The van der Waals surface area contributed by atoms with Gasteiger partial charge in [0.05, 0.1) is 0 Å². The molecule has 3 N–H and O–H groups in total. The first-order chi connectivity index (χ1) is 16.5. The third kappa shape index (κ3) is 4.47. The molecule has 2 atom stereocenters. The van der Waals surface area contributed by atoms with E-state index in [0.717, 1.165) is 24.4 Å². The summed E-state index contributed by atoms with van der Waals surface area (Å²) in [5.41, 5.74) is 2.51. The number of aromatic hydroxyl groups is 2. The van der Waals surface area contributed by atoms with Gasteiger partial charge >= 0.3 is 0 Å². The SMILES string of the molecule is CC(COc1ccc(C(O)c2c(-c3ccc(O)cc3)oc3cc(O)ccc23)cc1)N1CCCC1. The molecule has 0 aliphatic carbocycles. The van der Waals surface area contributed by atoms with E-state index in [0.29, 0.717) is 40.5 Å². The van der Waals surface area contributed by atoms with Crippen LogP contribution in [0, 0.1) is 0 Å². The highest BCUT2D eigenvalue weighted by Gasteiger charge is 2.24. The molecule has 0 spiro atoms. The molecule has 0 amide bonds. The lowest BCUT2D eigenvalue weighted by Crippen LogP contribution is -2.34. The second kappa shape index (κ2) is 9.41. The van der Waals surface area contributed by atoms with Gasteiger partial charge in [0, 0.05) is 28.6 Å². The maximum Gasteiger partial charge on any atom is 0.141 e. The van der Waals surface area contributed by atoms with E-state index in [1.807, 2.05) is 24.3 Å². The predicted molar refractivity (Wildman–Crippen MR) is 131 cm³/mol. The van der Waals surface area contributed by atoms with Crippen LogP contribution in [0.25, 0.3) is 22.3 Å². The van der Waals surface area contributed by atoms with Crippen molar-refractivity contribution in [2.75, 3.05) is 19.7 Å². The molecule has 1 fully saturated rings. The number of likely N-dealkylation sites (tertiary alicyclic amines) is 1. The number of ether oxygens (including phenoxy) is 1. The highest BCUT2D eigenvalue weighted by molar-refractivity contribution is 5.89. The van der Waals surface area contributed by atoms with Gasteiger partial charge in [0.1, 0.15) is 41.3 Å². The smallest absolute Gasteiger partial charge is 0.141 e. The standard InChI is InChI=1S/C28H29NO5/c1-18(29-14-2-3-15-29)17-33-23-11-6-19(7-12-23)27(32)26-24-13-10-22(31)16-25(24)34-28(26)20-4-8-21(30)9-5-20/h4-13,16,18,27,30-32H,2-3,14-15,17H2,1H3. The van der Waals surface area contributed by atoms with Crippen LogP contribution in [0.2, 0.25) is 0 Å². The highest BCUT2D eigenvalue weighted by atomic mass is 16.5. The summed E-state index contributed by atoms with van der Waals surface area (Å²) in [7, 11) is 0. The number of rotatable bonds is 7. The minimum absolute atomic E-state index is 0.0872. The Bertz CT molecular complexity index is 1260. The summed E-state index contributed by atoms with van der Waals surface area (Å²) in [6.45, 7) is 5.09. The first-order valence-electron chi connectivity index (χ1n) is 11.7. The molecule has 2 heterocycles. The Morgan fingerprint density at radius 3 is 2.29 bits per heavy atom. The van der Waals surface area contributed by atoms with Gasteiger partial charge in [-0.1, -0.05) is 12.1 Å². The Labute approximate surface area is 198 Å². The van der Waals surface area contributed by atoms with Crippen molar-refractivity contribution in [1.82, 2.24) is 4.90 Å². The molecule has 0 bridgehead atoms. The fraction of sp³-hybridized carbons (Fsp3) is 0.286. The maximum atomic E-state index is 11.4. The molecule has 3 aromatic carbocycles. The zero-order valence-electron chi connectivity index (χ0n) is 19.1. The molecule has 6 heteroatoms. The van der Waals surface area contributed by atoms with Crippen LogP contribution in [0.15, 0.2) is 71.1 Å². The molecule has 6 nitrogen and oxygen atoms in total. The van der Waals surface area contributed by atoms with E-state index in [9.17, 15) is 15.3 Å². The van der Waals surface area contributed by atoms with Crippen LogP contribution in [-0.2, 0) is 0 Å². The zero-order valence-corrected chi connectivity index (χ0v) is 19.1. The Kier molecular flexibility index (Phi) is 6.18. The molecule has 2 unspecified atom stereocenters. The lowest BCUT2D eigenvalue weighted by atomic mass is 9.96. The summed E-state index contributed by atoms with van der Waals surface area (Å²) in [6.07, 6.45) is 1.56. The number of aliphatic hydroxyl groups is 1. The third-order valence-corrected chi connectivity index (χ3v) is 6.57. The van der Waals surface area contributed by atoms with Gasteiger partial charge in [0.15, 0.2) is 0 Å². The van der Waals surface area contributed by atoms with Crippen LogP contribution in [0.3, 0.4) is 0 Å². The summed E-state index contributed by atoms with van der Waals surface area (Å²) >= 11 is 0. The summed E-state index contributed by atoms with van der Waals surface area (Å²) < 4.78 is 12.1. The van der Waals surface area contributed by atoms with Gasteiger partial charge in [-0.15, -0.1) is 0 Å². The molecular formula is C28H29NO5. The number of hydrogen-bond donors (Lipinski definition) is 3. The van der Waals surface area contributed by atoms with E-state index in [1.54, 1.807) is 36.4 Å². The summed E-state index contributed by atoms with van der Waals surface area (Å²) in [5, 5.41) is 31.7. The number of hydrogen-bond acceptors (Lipinski definition) is 6. The van der Waals surface area contributed by atoms with Crippen molar-refractivity contribution in [3.63, 3.8) is 0 Å². The minimum atomic E-state index is -0.952. The third-order valence-electron chi connectivity index (χ3n) is 6.57. The van der Waals surface area contributed by atoms with Gasteiger partial charge in [-0.05, 0) is 86.9 Å². The van der Waals surface area contributed by atoms with Gasteiger partial charge in [0.25, 0.3) is 0 Å². The number of aliphatic hydroxyl groups excluding tert-OH is 1. The van der Waals surface area contributed by atoms with Gasteiger partial charge < -0.3 is 24.5 Å². The second-order valence-electron chi connectivity index (χ2n) is 8.95. The average Bonchev–Trinajstić information content (AvgIpc) is 3.51. The van der Waals surface area contributed by atoms with E-state index >= 15 is 0 Å². The Morgan fingerprint density at radius 1 is 0.912 bits per heavy atom. The Hall–Kier alpha value is -3.48. The van der Waals surface area contributed by atoms with Crippen LogP contribution in [0.4, 0.5) is 0 Å². The molecule has 1 aromatic heterocycles. The van der Waals surface area contributed by atoms with E-state index in [1.165, 1.54) is 18.9 Å². The summed E-state index contributed by atoms with van der Waals surface area (Å²) in [4.78, 5) is 2.45. The van der Waals surface area contributed by atoms with Gasteiger partial charge in [0.2, 0.25) is 0 Å². The van der Waals surface area contributed by atoms with Crippen LogP contribution in [-0.4, -0.2) is 46.0 Å². The number of fused-ring (bicyclic) bond motifs is 1. The number of phenolic OH excluding ortho intramolecular Hbond substituents is 2. The molecule has 1 saturated heterocycles. The fourth-order valence-electron chi connectivity index (χ4n) is 4.62. The highest BCUT2D eigenvalue weighted by Crippen LogP contribution is 2.41. The first-order valence-corrected chi connectivity index (χ1v) is 11.7. The Balaban J connectivity index is 1.41. The van der Waals surface area contributed by atoms with Crippen molar-refractivity contribution in [3.05, 3.63) is 77.9 Å². The number of nitrogens with zero attached hydrogens (tertiary/aromatic N) is 1. The molecule has 4 aromatic rings. The molecule has 1 aliphatic rings. The maximum absolute atomic E-state index is 11.4. The lowest BCUT2D eigenvalue weighted by molar-refractivity contribution is 0.172. The Morgan fingerprint density at radius 2 is 1.59 bits per heavy atom. The minimum Gasteiger partial charge on any atom is -0.508 e. The normalized spacial score (nSPS) is 16.1. The first kappa shape index (κ1) is 22.3. The van der Waals surface area contributed by atoms with Crippen molar-refractivity contribution in [3.8, 4) is 28.6 Å². The number of phenols is 2. The zero-order chi connectivity index (χ0) is 23.7. The van der Waals surface area contributed by atoms with E-state index in [-0.39, 0.29) is 11.5 Å². The lowest BCUT2D eigenvalue weighted by Gasteiger charge is -2.23. The molecule has 0 saturated carbocycles. The predicted octanol–water partition coefficient (Wildman–Crippen LogP) is 5.46. The van der Waals surface area contributed by atoms with Crippen molar-refractivity contribution < 1.29 is 24.5 Å². The van der Waals surface area contributed by atoms with Crippen LogP contribution >= 0.6 is 0 Å². The van der Waals surface area contributed by atoms with Crippen molar-refractivity contribution >= 4 is 11.0 Å². The molecular weight excluding hydrogens is 430 g/mol.